The van der Waals surface area contributed by atoms with E-state index in [0.717, 1.165) is 17.2 Å². The molecule has 9 heteroatoms. The summed E-state index contributed by atoms with van der Waals surface area (Å²) >= 11 is 5.70. The van der Waals surface area contributed by atoms with Crippen molar-refractivity contribution < 1.29 is 22.4 Å². The first kappa shape index (κ1) is 20.3. The van der Waals surface area contributed by atoms with E-state index in [1.54, 1.807) is 13.0 Å². The molecular formula is C19H18ClFN2O4S. The fourth-order valence-electron chi connectivity index (χ4n) is 2.99. The number of hydrogen-bond acceptors (Lipinski definition) is 4. The summed E-state index contributed by atoms with van der Waals surface area (Å²) in [6, 6.07) is 6.96. The zero-order chi connectivity index (χ0) is 20.6. The number of rotatable bonds is 4. The normalized spacial score (nSPS) is 17.1. The van der Waals surface area contributed by atoms with Crippen molar-refractivity contribution in [3.63, 3.8) is 0 Å². The molecule has 1 fully saturated rings. The van der Waals surface area contributed by atoms with E-state index in [9.17, 15) is 22.4 Å². The second-order valence-corrected chi connectivity index (χ2v) is 8.84. The molecule has 1 N–H and O–H groups in total. The highest BCUT2D eigenvalue weighted by Crippen LogP contribution is 2.29. The summed E-state index contributed by atoms with van der Waals surface area (Å²) in [4.78, 5) is 24.9. The molecular weight excluding hydrogens is 407 g/mol. The lowest BCUT2D eigenvalue weighted by Gasteiger charge is -2.24. The number of amides is 2. The molecule has 2 aromatic rings. The highest BCUT2D eigenvalue weighted by Gasteiger charge is 2.44. The van der Waals surface area contributed by atoms with Gasteiger partial charge in [-0.05, 0) is 61.7 Å². The van der Waals surface area contributed by atoms with Crippen molar-refractivity contribution >= 4 is 39.1 Å². The zero-order valence-electron chi connectivity index (χ0n) is 15.2. The summed E-state index contributed by atoms with van der Waals surface area (Å²) in [5.41, 5.74) is 1.88. The maximum atomic E-state index is 13.3. The van der Waals surface area contributed by atoms with Crippen LogP contribution in [-0.2, 0) is 19.6 Å². The van der Waals surface area contributed by atoms with Crippen LogP contribution >= 0.6 is 11.6 Å². The zero-order valence-corrected chi connectivity index (χ0v) is 16.8. The van der Waals surface area contributed by atoms with Crippen LogP contribution in [0.15, 0.2) is 41.3 Å². The quantitative estimate of drug-likeness (QED) is 0.815. The van der Waals surface area contributed by atoms with Gasteiger partial charge in [0.25, 0.3) is 10.0 Å². The van der Waals surface area contributed by atoms with Gasteiger partial charge in [0.05, 0.1) is 9.92 Å². The van der Waals surface area contributed by atoms with Gasteiger partial charge in [-0.3, -0.25) is 9.59 Å². The first-order chi connectivity index (χ1) is 13.1. The van der Waals surface area contributed by atoms with Crippen molar-refractivity contribution in [2.24, 2.45) is 0 Å². The Morgan fingerprint density at radius 2 is 1.89 bits per heavy atom. The molecule has 6 nitrogen and oxygen atoms in total. The second kappa shape index (κ2) is 7.52. The average Bonchev–Trinajstić information content (AvgIpc) is 3.03. The fourth-order valence-corrected chi connectivity index (χ4v) is 4.86. The molecule has 0 aromatic heterocycles. The summed E-state index contributed by atoms with van der Waals surface area (Å²) in [5.74, 6) is -1.97. The lowest BCUT2D eigenvalue weighted by molar-refractivity contribution is -0.128. The number of carbonyl (C=O) groups is 2. The van der Waals surface area contributed by atoms with Crippen molar-refractivity contribution in [2.75, 3.05) is 5.32 Å². The molecule has 0 aliphatic carbocycles. The maximum Gasteiger partial charge on any atom is 0.267 e. The minimum Gasteiger partial charge on any atom is -0.324 e. The molecule has 0 unspecified atom stereocenters. The van der Waals surface area contributed by atoms with Crippen LogP contribution in [0.1, 0.15) is 24.0 Å². The summed E-state index contributed by atoms with van der Waals surface area (Å²) in [5, 5.41) is 2.32. The Labute approximate surface area is 167 Å². The number of benzene rings is 2. The third-order valence-corrected chi connectivity index (χ3v) is 6.80. The number of hydrogen-bond donors (Lipinski definition) is 1. The molecule has 1 heterocycles. The molecule has 1 aliphatic heterocycles. The SMILES string of the molecule is Cc1ccc(S(=O)(=O)N2C(=O)CC[C@H]2C(=O)Nc2ccc(F)c(Cl)c2)cc1C. The van der Waals surface area contributed by atoms with Crippen LogP contribution in [0, 0.1) is 19.7 Å². The van der Waals surface area contributed by atoms with E-state index in [2.05, 4.69) is 5.32 Å². The molecule has 3 rings (SSSR count). The Balaban J connectivity index is 1.90. The smallest absolute Gasteiger partial charge is 0.267 e. The van der Waals surface area contributed by atoms with E-state index in [1.165, 1.54) is 24.3 Å². The van der Waals surface area contributed by atoms with Crippen LogP contribution in [0.25, 0.3) is 0 Å². The lowest BCUT2D eigenvalue weighted by Crippen LogP contribution is -2.45. The van der Waals surface area contributed by atoms with Gasteiger partial charge in [-0.25, -0.2) is 17.1 Å². The molecule has 0 bridgehead atoms. The molecule has 2 aromatic carbocycles. The van der Waals surface area contributed by atoms with Crippen molar-refractivity contribution in [1.29, 1.82) is 0 Å². The minimum absolute atomic E-state index is 0.0477. The summed E-state index contributed by atoms with van der Waals surface area (Å²) in [6.45, 7) is 3.61. The van der Waals surface area contributed by atoms with E-state index in [-0.39, 0.29) is 28.4 Å². The van der Waals surface area contributed by atoms with E-state index < -0.39 is 33.7 Å². The predicted molar refractivity (Wildman–Crippen MR) is 103 cm³/mol. The van der Waals surface area contributed by atoms with Crippen molar-refractivity contribution in [3.05, 3.63) is 58.4 Å². The standard InChI is InChI=1S/C19H18ClFN2O4S/c1-11-3-5-14(9-12(11)2)28(26,27)23-17(7-8-18(23)24)19(25)22-13-4-6-16(21)15(20)10-13/h3-6,9-10,17H,7-8H2,1-2H3,(H,22,25)/t17-/m0/s1. The number of nitrogens with zero attached hydrogens (tertiary/aromatic N) is 1. The van der Waals surface area contributed by atoms with Gasteiger partial charge in [0.15, 0.2) is 0 Å². The molecule has 28 heavy (non-hydrogen) atoms. The molecule has 2 amide bonds. The molecule has 1 aliphatic rings. The van der Waals surface area contributed by atoms with Gasteiger partial charge in [-0.15, -0.1) is 0 Å². The van der Waals surface area contributed by atoms with Crippen LogP contribution in [0.3, 0.4) is 0 Å². The Hall–Kier alpha value is -2.45. The molecule has 0 saturated carbocycles. The Morgan fingerprint density at radius 1 is 1.18 bits per heavy atom. The summed E-state index contributed by atoms with van der Waals surface area (Å²) in [6.07, 6.45) is -0.00397. The number of sulfonamides is 1. The highest BCUT2D eigenvalue weighted by atomic mass is 35.5. The summed E-state index contributed by atoms with van der Waals surface area (Å²) in [7, 11) is -4.19. The Kier molecular flexibility index (Phi) is 5.45. The highest BCUT2D eigenvalue weighted by molar-refractivity contribution is 7.89. The van der Waals surface area contributed by atoms with Crippen LogP contribution in [0.5, 0.6) is 0 Å². The van der Waals surface area contributed by atoms with Gasteiger partial charge in [0, 0.05) is 12.1 Å². The minimum atomic E-state index is -4.19. The van der Waals surface area contributed by atoms with Gasteiger partial charge in [-0.1, -0.05) is 17.7 Å². The third kappa shape index (κ3) is 3.74. The largest absolute Gasteiger partial charge is 0.324 e. The van der Waals surface area contributed by atoms with Crippen LogP contribution in [0.2, 0.25) is 5.02 Å². The molecule has 1 atom stereocenters. The van der Waals surface area contributed by atoms with E-state index in [0.29, 0.717) is 4.31 Å². The first-order valence-electron chi connectivity index (χ1n) is 8.51. The van der Waals surface area contributed by atoms with Gasteiger partial charge in [0.2, 0.25) is 11.8 Å². The van der Waals surface area contributed by atoms with E-state index >= 15 is 0 Å². The number of halogens is 2. The number of carbonyl (C=O) groups excluding carboxylic acids is 2. The first-order valence-corrected chi connectivity index (χ1v) is 10.3. The molecule has 0 spiro atoms. The topological polar surface area (TPSA) is 83.6 Å². The summed E-state index contributed by atoms with van der Waals surface area (Å²) < 4.78 is 40.0. The number of anilines is 1. The Bertz CT molecular complexity index is 1070. The van der Waals surface area contributed by atoms with Gasteiger partial charge < -0.3 is 5.32 Å². The maximum absolute atomic E-state index is 13.3. The Morgan fingerprint density at radius 3 is 2.54 bits per heavy atom. The third-order valence-electron chi connectivity index (χ3n) is 4.69. The fraction of sp³-hybridized carbons (Fsp3) is 0.263. The molecule has 1 saturated heterocycles. The second-order valence-electron chi connectivity index (χ2n) is 6.61. The van der Waals surface area contributed by atoms with Crippen LogP contribution in [-0.4, -0.2) is 30.6 Å². The van der Waals surface area contributed by atoms with Gasteiger partial charge >= 0.3 is 0 Å². The van der Waals surface area contributed by atoms with E-state index in [4.69, 9.17) is 11.6 Å². The van der Waals surface area contributed by atoms with Crippen molar-refractivity contribution in [1.82, 2.24) is 4.31 Å². The molecule has 148 valence electrons. The predicted octanol–water partition coefficient (Wildman–Crippen LogP) is 3.41. The number of aryl methyl sites for hydroxylation is 2. The van der Waals surface area contributed by atoms with Gasteiger partial charge in [0.1, 0.15) is 11.9 Å². The lowest BCUT2D eigenvalue weighted by atomic mass is 10.1. The monoisotopic (exact) mass is 424 g/mol. The van der Waals surface area contributed by atoms with Crippen molar-refractivity contribution in [3.8, 4) is 0 Å². The average molecular weight is 425 g/mol. The van der Waals surface area contributed by atoms with Crippen molar-refractivity contribution in [2.45, 2.75) is 37.6 Å². The van der Waals surface area contributed by atoms with Gasteiger partial charge in [-0.2, -0.15) is 0 Å². The van der Waals surface area contributed by atoms with Crippen LogP contribution in [0.4, 0.5) is 10.1 Å². The molecule has 0 radical (unpaired) electrons. The number of nitrogens with one attached hydrogen (secondary N) is 1. The van der Waals surface area contributed by atoms with Crippen LogP contribution < -0.4 is 5.32 Å². The van der Waals surface area contributed by atoms with E-state index in [1.807, 2.05) is 6.92 Å².